The van der Waals surface area contributed by atoms with Crippen LogP contribution in [0.4, 0.5) is 11.4 Å². The van der Waals surface area contributed by atoms with Gasteiger partial charge in [0, 0.05) is 24.0 Å². The van der Waals surface area contributed by atoms with Gasteiger partial charge in [0.2, 0.25) is 0 Å². The predicted octanol–water partition coefficient (Wildman–Crippen LogP) is 2.42. The Bertz CT molecular complexity index is 658. The highest BCUT2D eigenvalue weighted by Gasteiger charge is 2.13. The first-order valence-electron chi connectivity index (χ1n) is 5.75. The highest BCUT2D eigenvalue weighted by atomic mass is 16.2. The van der Waals surface area contributed by atoms with Gasteiger partial charge in [0.1, 0.15) is 0 Å². The molecule has 0 atom stereocenters. The van der Waals surface area contributed by atoms with Crippen LogP contribution in [-0.2, 0) is 0 Å². The minimum atomic E-state index is -0.164. The van der Waals surface area contributed by atoms with Crippen LogP contribution in [0.15, 0.2) is 48.5 Å². The molecule has 0 aliphatic rings. The predicted molar refractivity (Wildman–Crippen MR) is 74.7 cm³/mol. The lowest BCUT2D eigenvalue weighted by atomic mass is 10.1. The van der Waals surface area contributed by atoms with Crippen LogP contribution >= 0.6 is 0 Å². The maximum absolute atomic E-state index is 12.3. The lowest BCUT2D eigenvalue weighted by molar-refractivity contribution is 0.0993. The molecule has 0 aliphatic heterocycles. The number of benzene rings is 2. The van der Waals surface area contributed by atoms with Crippen LogP contribution in [0.3, 0.4) is 0 Å². The second-order valence-electron chi connectivity index (χ2n) is 4.15. The first-order chi connectivity index (χ1) is 9.11. The third-order valence-corrected chi connectivity index (χ3v) is 2.80. The molecule has 0 unspecified atom stereocenters. The Morgan fingerprint density at radius 2 is 1.95 bits per heavy atom. The first kappa shape index (κ1) is 12.7. The maximum Gasteiger partial charge on any atom is 0.258 e. The Morgan fingerprint density at radius 1 is 1.21 bits per heavy atom. The summed E-state index contributed by atoms with van der Waals surface area (Å²) >= 11 is 0. The molecule has 0 heterocycles. The molecule has 19 heavy (non-hydrogen) atoms. The van der Waals surface area contributed by atoms with Gasteiger partial charge in [-0.1, -0.05) is 12.1 Å². The second-order valence-corrected chi connectivity index (χ2v) is 4.15. The Kier molecular flexibility index (Phi) is 3.48. The molecule has 1 amide bonds. The van der Waals surface area contributed by atoms with Crippen LogP contribution in [-0.4, -0.2) is 13.0 Å². The van der Waals surface area contributed by atoms with E-state index in [1.165, 1.54) is 4.90 Å². The van der Waals surface area contributed by atoms with Crippen LogP contribution in [0.5, 0.6) is 0 Å². The van der Waals surface area contributed by atoms with Crippen molar-refractivity contribution in [2.24, 2.45) is 0 Å². The molecule has 2 rings (SSSR count). The number of hydrogen-bond acceptors (Lipinski definition) is 3. The van der Waals surface area contributed by atoms with E-state index in [0.29, 0.717) is 22.5 Å². The standard InChI is InChI=1S/C15H13N3O/c1-18(14-7-2-4-11(8-14)10-16)15(19)12-5-3-6-13(17)9-12/h2-9H,17H2,1H3. The summed E-state index contributed by atoms with van der Waals surface area (Å²) in [6.07, 6.45) is 0. The zero-order valence-electron chi connectivity index (χ0n) is 10.5. The fourth-order valence-electron chi connectivity index (χ4n) is 1.77. The van der Waals surface area contributed by atoms with E-state index in [1.807, 2.05) is 0 Å². The minimum absolute atomic E-state index is 0.164. The lowest BCUT2D eigenvalue weighted by Gasteiger charge is -2.17. The van der Waals surface area contributed by atoms with E-state index in [2.05, 4.69) is 6.07 Å². The van der Waals surface area contributed by atoms with Crippen molar-refractivity contribution in [3.63, 3.8) is 0 Å². The molecule has 4 heteroatoms. The Labute approximate surface area is 111 Å². The average Bonchev–Trinajstić information content (AvgIpc) is 2.45. The summed E-state index contributed by atoms with van der Waals surface area (Å²) in [7, 11) is 1.67. The number of nitrogens with two attached hydrogens (primary N) is 1. The van der Waals surface area contributed by atoms with Gasteiger partial charge in [-0.15, -0.1) is 0 Å². The van der Waals surface area contributed by atoms with Gasteiger partial charge in [0.25, 0.3) is 5.91 Å². The molecule has 4 nitrogen and oxygen atoms in total. The van der Waals surface area contributed by atoms with Crippen molar-refractivity contribution in [2.75, 3.05) is 17.7 Å². The van der Waals surface area contributed by atoms with E-state index in [-0.39, 0.29) is 5.91 Å². The third-order valence-electron chi connectivity index (χ3n) is 2.80. The van der Waals surface area contributed by atoms with E-state index in [0.717, 1.165) is 0 Å². The number of rotatable bonds is 2. The highest BCUT2D eigenvalue weighted by Crippen LogP contribution is 2.18. The third kappa shape index (κ3) is 2.72. The summed E-state index contributed by atoms with van der Waals surface area (Å²) in [4.78, 5) is 13.8. The maximum atomic E-state index is 12.3. The van der Waals surface area contributed by atoms with Crippen molar-refractivity contribution in [2.45, 2.75) is 0 Å². The summed E-state index contributed by atoms with van der Waals surface area (Å²) in [5.41, 5.74) is 7.92. The van der Waals surface area contributed by atoms with Gasteiger partial charge >= 0.3 is 0 Å². The zero-order chi connectivity index (χ0) is 13.8. The number of nitrogen functional groups attached to an aromatic ring is 1. The van der Waals surface area contributed by atoms with E-state index >= 15 is 0 Å². The summed E-state index contributed by atoms with van der Waals surface area (Å²) in [5.74, 6) is -0.164. The summed E-state index contributed by atoms with van der Waals surface area (Å²) in [6, 6.07) is 15.8. The van der Waals surface area contributed by atoms with Gasteiger partial charge in [-0.2, -0.15) is 5.26 Å². The highest BCUT2D eigenvalue weighted by molar-refractivity contribution is 6.06. The Morgan fingerprint density at radius 3 is 2.63 bits per heavy atom. The van der Waals surface area contributed by atoms with Gasteiger partial charge < -0.3 is 10.6 Å². The van der Waals surface area contributed by atoms with Gasteiger partial charge in [0.05, 0.1) is 11.6 Å². The summed E-state index contributed by atoms with van der Waals surface area (Å²) in [6.45, 7) is 0. The molecule has 0 spiro atoms. The van der Waals surface area contributed by atoms with Crippen LogP contribution < -0.4 is 10.6 Å². The number of nitrogens with zero attached hydrogens (tertiary/aromatic N) is 2. The number of nitriles is 1. The molecule has 0 saturated carbocycles. The average molecular weight is 251 g/mol. The van der Waals surface area contributed by atoms with Crippen molar-refractivity contribution < 1.29 is 4.79 Å². The number of carbonyl (C=O) groups excluding carboxylic acids is 1. The van der Waals surface area contributed by atoms with Crippen molar-refractivity contribution >= 4 is 17.3 Å². The topological polar surface area (TPSA) is 70.1 Å². The molecule has 0 aliphatic carbocycles. The Hall–Kier alpha value is -2.80. The monoisotopic (exact) mass is 251 g/mol. The smallest absolute Gasteiger partial charge is 0.258 e. The molecular weight excluding hydrogens is 238 g/mol. The number of hydrogen-bond donors (Lipinski definition) is 1. The first-order valence-corrected chi connectivity index (χ1v) is 5.75. The minimum Gasteiger partial charge on any atom is -0.399 e. The molecule has 0 fully saturated rings. The van der Waals surface area contributed by atoms with Gasteiger partial charge in [-0.3, -0.25) is 4.79 Å². The van der Waals surface area contributed by atoms with Gasteiger partial charge in [0.15, 0.2) is 0 Å². The summed E-state index contributed by atoms with van der Waals surface area (Å²) in [5, 5.41) is 8.87. The molecule has 2 aromatic carbocycles. The van der Waals surface area contributed by atoms with Gasteiger partial charge in [-0.05, 0) is 36.4 Å². The van der Waals surface area contributed by atoms with E-state index in [1.54, 1.807) is 55.6 Å². The number of carbonyl (C=O) groups is 1. The number of amides is 1. The second kappa shape index (κ2) is 5.23. The van der Waals surface area contributed by atoms with Crippen LogP contribution in [0.2, 0.25) is 0 Å². The van der Waals surface area contributed by atoms with Crippen molar-refractivity contribution in [1.82, 2.24) is 0 Å². The largest absolute Gasteiger partial charge is 0.399 e. The molecule has 0 bridgehead atoms. The van der Waals surface area contributed by atoms with Crippen LogP contribution in [0.25, 0.3) is 0 Å². The normalized spacial score (nSPS) is 9.68. The van der Waals surface area contributed by atoms with E-state index in [9.17, 15) is 4.79 Å². The number of anilines is 2. The van der Waals surface area contributed by atoms with E-state index in [4.69, 9.17) is 11.0 Å². The van der Waals surface area contributed by atoms with Crippen molar-refractivity contribution in [3.8, 4) is 6.07 Å². The van der Waals surface area contributed by atoms with Crippen LogP contribution in [0.1, 0.15) is 15.9 Å². The fourth-order valence-corrected chi connectivity index (χ4v) is 1.77. The van der Waals surface area contributed by atoms with Crippen molar-refractivity contribution in [1.29, 1.82) is 5.26 Å². The molecule has 0 radical (unpaired) electrons. The Balaban J connectivity index is 2.31. The fraction of sp³-hybridized carbons (Fsp3) is 0.0667. The quantitative estimate of drug-likeness (QED) is 0.833. The lowest BCUT2D eigenvalue weighted by Crippen LogP contribution is -2.26. The molecule has 2 aromatic rings. The molecular formula is C15H13N3O. The SMILES string of the molecule is CN(C(=O)c1cccc(N)c1)c1cccc(C#N)c1. The zero-order valence-corrected chi connectivity index (χ0v) is 10.5. The molecule has 2 N–H and O–H groups in total. The van der Waals surface area contributed by atoms with Gasteiger partial charge in [-0.25, -0.2) is 0 Å². The molecule has 0 aromatic heterocycles. The van der Waals surface area contributed by atoms with E-state index < -0.39 is 0 Å². The molecule has 94 valence electrons. The van der Waals surface area contributed by atoms with Crippen molar-refractivity contribution in [3.05, 3.63) is 59.7 Å². The molecule has 0 saturated heterocycles. The summed E-state index contributed by atoms with van der Waals surface area (Å²) < 4.78 is 0. The van der Waals surface area contributed by atoms with Crippen LogP contribution in [0, 0.1) is 11.3 Å².